The lowest BCUT2D eigenvalue weighted by molar-refractivity contribution is 0.116. The molecule has 0 fully saturated rings. The number of phosphoric acid groups is 1. The Morgan fingerprint density at radius 3 is 1.32 bits per heavy atom. The molecule has 0 N–H and O–H groups in total. The monoisotopic (exact) mass is 788 g/mol. The van der Waals surface area contributed by atoms with E-state index in [4.69, 9.17) is 18.0 Å². The molecule has 0 bridgehead atoms. The van der Waals surface area contributed by atoms with Crippen molar-refractivity contribution in [2.24, 2.45) is 0 Å². The van der Waals surface area contributed by atoms with Gasteiger partial charge in [0.2, 0.25) is 0 Å². The predicted octanol–water partition coefficient (Wildman–Crippen LogP) is 11.5. The van der Waals surface area contributed by atoms with E-state index < -0.39 is 16.1 Å². The first-order valence-electron chi connectivity index (χ1n) is 19.7. The van der Waals surface area contributed by atoms with Crippen LogP contribution in [0.1, 0.15) is 54.9 Å². The fraction of sp³-hybridized carbons (Fsp3) is 0.200. The van der Waals surface area contributed by atoms with Crippen molar-refractivity contribution in [3.63, 3.8) is 0 Å². The van der Waals surface area contributed by atoms with Crippen LogP contribution in [0, 0.1) is 0 Å². The van der Waals surface area contributed by atoms with E-state index in [1.54, 1.807) is 6.08 Å². The molecule has 0 heterocycles. The van der Waals surface area contributed by atoms with Crippen molar-refractivity contribution in [3.8, 4) is 22.3 Å². The van der Waals surface area contributed by atoms with Gasteiger partial charge in [-0.15, -0.1) is 0 Å². The molecule has 2 aliphatic rings. The second-order valence-corrected chi connectivity index (χ2v) is 21.7. The highest BCUT2D eigenvalue weighted by Gasteiger charge is 2.50. The topological polar surface area (TPSA) is 54.0 Å². The first-order valence-corrected chi connectivity index (χ1v) is 23.1. The number of benzene rings is 6. The van der Waals surface area contributed by atoms with Gasteiger partial charge in [-0.2, -0.15) is 0 Å². The van der Waals surface area contributed by atoms with Crippen LogP contribution in [-0.4, -0.2) is 34.7 Å². The SMILES string of the molecule is C=CC(=CCOP(=O)(OCC1c2ccccc2-c2ccccc21)OCC1c2ccccc2-c2ccccc21)CO[Si](c1ccccc1)(c1ccccc1)C(C)(C)C. The highest BCUT2D eigenvalue weighted by Crippen LogP contribution is 2.55. The van der Waals surface area contributed by atoms with Crippen molar-refractivity contribution in [1.29, 1.82) is 0 Å². The van der Waals surface area contributed by atoms with E-state index >= 15 is 0 Å². The minimum Gasteiger partial charge on any atom is -0.403 e. The summed E-state index contributed by atoms with van der Waals surface area (Å²) in [5, 5.41) is 2.20. The molecule has 0 aromatic heterocycles. The zero-order valence-electron chi connectivity index (χ0n) is 32.8. The Kier molecular flexibility index (Phi) is 11.3. The van der Waals surface area contributed by atoms with Crippen LogP contribution in [0.15, 0.2) is 182 Å². The van der Waals surface area contributed by atoms with Gasteiger partial charge >= 0.3 is 7.82 Å². The molecule has 288 valence electrons. The second-order valence-electron chi connectivity index (χ2n) is 15.7. The van der Waals surface area contributed by atoms with Gasteiger partial charge in [-0.25, -0.2) is 4.57 Å². The lowest BCUT2D eigenvalue weighted by Crippen LogP contribution is -2.66. The van der Waals surface area contributed by atoms with Gasteiger partial charge in [0, 0.05) is 11.8 Å². The Hall–Kier alpha value is -4.91. The molecule has 6 aromatic rings. The molecule has 0 spiro atoms. The normalized spacial score (nSPS) is 14.2. The van der Waals surface area contributed by atoms with E-state index in [2.05, 4.69) is 124 Å². The first kappa shape index (κ1) is 38.9. The Balaban J connectivity index is 1.06. The smallest absolute Gasteiger partial charge is 0.403 e. The molecule has 57 heavy (non-hydrogen) atoms. The van der Waals surface area contributed by atoms with Gasteiger partial charge in [0.1, 0.15) is 0 Å². The summed E-state index contributed by atoms with van der Waals surface area (Å²) in [4.78, 5) is 0. The van der Waals surface area contributed by atoms with Crippen LogP contribution in [-0.2, 0) is 22.6 Å². The molecule has 0 unspecified atom stereocenters. The van der Waals surface area contributed by atoms with Gasteiger partial charge in [-0.05, 0) is 65.5 Å². The average Bonchev–Trinajstić information content (AvgIpc) is 3.74. The zero-order valence-corrected chi connectivity index (χ0v) is 34.7. The molecule has 8 rings (SSSR count). The summed E-state index contributed by atoms with van der Waals surface area (Å²) in [6.07, 6.45) is 3.66. The predicted molar refractivity (Wildman–Crippen MR) is 235 cm³/mol. The van der Waals surface area contributed by atoms with Gasteiger partial charge < -0.3 is 4.43 Å². The summed E-state index contributed by atoms with van der Waals surface area (Å²) in [5.74, 6) is -0.241. The zero-order chi connectivity index (χ0) is 39.5. The van der Waals surface area contributed by atoms with Gasteiger partial charge in [0.15, 0.2) is 0 Å². The minimum absolute atomic E-state index is 0.0155. The molecular formula is C50H49O5PSi. The molecule has 0 saturated heterocycles. The van der Waals surface area contributed by atoms with E-state index in [0.29, 0.717) is 6.61 Å². The van der Waals surface area contributed by atoms with Crippen molar-refractivity contribution in [3.05, 3.63) is 204 Å². The standard InChI is InChI=1S/C50H49O5PSi/c1-5-37(34-55-57(50(2,3)4,38-20-8-6-9-21-38)39-22-10-7-11-23-39)32-33-52-56(51,53-35-48-44-28-16-12-24-40(44)41-25-13-17-29-45(41)48)54-36-49-46-30-18-14-26-42(46)43-27-15-19-31-47(43)49/h5-32,48-49H,1,33-36H2,2-4H3. The van der Waals surface area contributed by atoms with Crippen molar-refractivity contribution in [1.82, 2.24) is 0 Å². The van der Waals surface area contributed by atoms with Crippen LogP contribution in [0.4, 0.5) is 0 Å². The lowest BCUT2D eigenvalue weighted by atomic mass is 9.98. The third-order valence-electron chi connectivity index (χ3n) is 11.4. The van der Waals surface area contributed by atoms with E-state index in [1.807, 2.05) is 66.7 Å². The summed E-state index contributed by atoms with van der Waals surface area (Å²) in [5.41, 5.74) is 10.0. The van der Waals surface area contributed by atoms with Gasteiger partial charge in [-0.3, -0.25) is 13.6 Å². The Bertz CT molecular complexity index is 2200. The Morgan fingerprint density at radius 1 is 0.579 bits per heavy atom. The highest BCUT2D eigenvalue weighted by molar-refractivity contribution is 7.48. The molecule has 5 nitrogen and oxygen atoms in total. The summed E-state index contributed by atoms with van der Waals surface area (Å²) < 4.78 is 41.1. The maximum absolute atomic E-state index is 14.9. The number of hydrogen-bond donors (Lipinski definition) is 0. The number of hydrogen-bond acceptors (Lipinski definition) is 5. The van der Waals surface area contributed by atoms with Crippen molar-refractivity contribution in [2.75, 3.05) is 26.4 Å². The number of rotatable bonds is 15. The summed E-state index contributed by atoms with van der Waals surface area (Å²) in [6.45, 7) is 11.5. The van der Waals surface area contributed by atoms with Gasteiger partial charge in [0.05, 0.1) is 26.4 Å². The van der Waals surface area contributed by atoms with E-state index in [9.17, 15) is 4.57 Å². The summed E-state index contributed by atoms with van der Waals surface area (Å²) in [7, 11) is -6.93. The second kappa shape index (κ2) is 16.5. The third kappa shape index (κ3) is 7.62. The molecule has 0 atom stereocenters. The maximum Gasteiger partial charge on any atom is 0.475 e. The third-order valence-corrected chi connectivity index (χ3v) is 17.8. The lowest BCUT2D eigenvalue weighted by Gasteiger charge is -2.43. The number of phosphoric ester groups is 1. The first-order chi connectivity index (χ1) is 27.7. The average molecular weight is 789 g/mol. The molecular weight excluding hydrogens is 740 g/mol. The number of fused-ring (bicyclic) bond motifs is 6. The molecule has 0 aliphatic heterocycles. The fourth-order valence-electron chi connectivity index (χ4n) is 8.71. The molecule has 2 aliphatic carbocycles. The quantitative estimate of drug-likeness (QED) is 0.0589. The van der Waals surface area contributed by atoms with Crippen LogP contribution < -0.4 is 10.4 Å². The summed E-state index contributed by atoms with van der Waals surface area (Å²) in [6, 6.07) is 54.5. The Morgan fingerprint density at radius 2 is 0.947 bits per heavy atom. The van der Waals surface area contributed by atoms with Crippen molar-refractivity contribution >= 4 is 26.5 Å². The Labute approximate surface area is 338 Å². The van der Waals surface area contributed by atoms with Crippen molar-refractivity contribution < 1.29 is 22.6 Å². The van der Waals surface area contributed by atoms with Crippen LogP contribution >= 0.6 is 7.82 Å². The van der Waals surface area contributed by atoms with E-state index in [1.165, 1.54) is 10.4 Å². The van der Waals surface area contributed by atoms with Gasteiger partial charge in [-0.1, -0.05) is 197 Å². The molecule has 6 aromatic carbocycles. The van der Waals surface area contributed by atoms with Gasteiger partial charge in [0.25, 0.3) is 8.32 Å². The van der Waals surface area contributed by atoms with E-state index in [-0.39, 0.29) is 36.7 Å². The van der Waals surface area contributed by atoms with Crippen LogP contribution in [0.25, 0.3) is 22.3 Å². The molecule has 0 radical (unpaired) electrons. The van der Waals surface area contributed by atoms with Crippen LogP contribution in [0.3, 0.4) is 0 Å². The van der Waals surface area contributed by atoms with E-state index in [0.717, 1.165) is 50.1 Å². The summed E-state index contributed by atoms with van der Waals surface area (Å²) >= 11 is 0. The van der Waals surface area contributed by atoms with Crippen LogP contribution in [0.5, 0.6) is 0 Å². The molecule has 0 saturated carbocycles. The minimum atomic E-state index is -4.12. The fourth-order valence-corrected chi connectivity index (χ4v) is 14.4. The maximum atomic E-state index is 14.9. The highest BCUT2D eigenvalue weighted by atomic mass is 31.2. The van der Waals surface area contributed by atoms with Crippen LogP contribution in [0.2, 0.25) is 5.04 Å². The van der Waals surface area contributed by atoms with Crippen molar-refractivity contribution in [2.45, 2.75) is 37.6 Å². The molecule has 0 amide bonds. The largest absolute Gasteiger partial charge is 0.475 e. The molecule has 7 heteroatoms.